The van der Waals surface area contributed by atoms with E-state index in [-0.39, 0.29) is 5.75 Å². The number of hydrogen-bond acceptors (Lipinski definition) is 2. The number of hydrogen-bond donors (Lipinski definition) is 2. The second-order valence-corrected chi connectivity index (χ2v) is 4.56. The Kier molecular flexibility index (Phi) is 4.43. The summed E-state index contributed by atoms with van der Waals surface area (Å²) in [6.07, 6.45) is 0. The van der Waals surface area contributed by atoms with Crippen LogP contribution >= 0.6 is 11.6 Å². The van der Waals surface area contributed by atoms with Crippen LogP contribution in [-0.2, 0) is 6.54 Å². The van der Waals surface area contributed by atoms with Gasteiger partial charge in [-0.05, 0) is 25.0 Å². The van der Waals surface area contributed by atoms with Crippen LogP contribution < -0.4 is 5.32 Å². The molecule has 0 saturated heterocycles. The zero-order valence-electron chi connectivity index (χ0n) is 9.42. The van der Waals surface area contributed by atoms with E-state index in [1.54, 1.807) is 18.2 Å². The monoisotopic (exact) mass is 227 g/mol. The molecule has 2 nitrogen and oxygen atoms in total. The van der Waals surface area contributed by atoms with Crippen molar-refractivity contribution in [1.29, 1.82) is 0 Å². The Labute approximate surface area is 96.3 Å². The molecule has 0 aliphatic heterocycles. The third-order valence-corrected chi connectivity index (χ3v) is 3.05. The number of rotatable bonds is 4. The zero-order chi connectivity index (χ0) is 11.4. The first kappa shape index (κ1) is 12.3. The van der Waals surface area contributed by atoms with Crippen molar-refractivity contribution in [3.05, 3.63) is 28.8 Å². The van der Waals surface area contributed by atoms with Gasteiger partial charge in [-0.25, -0.2) is 0 Å². The smallest absolute Gasteiger partial charge is 0.121 e. The van der Waals surface area contributed by atoms with Gasteiger partial charge in [0.1, 0.15) is 5.75 Å². The molecule has 0 amide bonds. The molecule has 0 bridgehead atoms. The topological polar surface area (TPSA) is 32.3 Å². The summed E-state index contributed by atoms with van der Waals surface area (Å²) in [4.78, 5) is 0. The quantitative estimate of drug-likeness (QED) is 0.828. The summed E-state index contributed by atoms with van der Waals surface area (Å²) in [6, 6.07) is 5.59. The van der Waals surface area contributed by atoms with E-state index in [0.29, 0.717) is 23.5 Å². The molecule has 0 spiro atoms. The third kappa shape index (κ3) is 3.40. The second kappa shape index (κ2) is 5.38. The van der Waals surface area contributed by atoms with E-state index in [9.17, 15) is 5.11 Å². The lowest BCUT2D eigenvalue weighted by atomic mass is 10.1. The van der Waals surface area contributed by atoms with Crippen molar-refractivity contribution in [3.8, 4) is 5.75 Å². The molecule has 15 heavy (non-hydrogen) atoms. The molecule has 3 heteroatoms. The number of phenolic OH excluding ortho intramolecular Hbond substituents is 1. The lowest BCUT2D eigenvalue weighted by molar-refractivity contribution is 0.415. The van der Waals surface area contributed by atoms with Crippen LogP contribution in [0.15, 0.2) is 18.2 Å². The molecule has 0 unspecified atom stereocenters. The van der Waals surface area contributed by atoms with Gasteiger partial charge in [-0.3, -0.25) is 0 Å². The maximum Gasteiger partial charge on any atom is 0.121 e. The normalized spacial score (nSPS) is 13.1. The molecule has 0 aliphatic rings. The van der Waals surface area contributed by atoms with Crippen LogP contribution in [0.5, 0.6) is 5.75 Å². The lowest BCUT2D eigenvalue weighted by Gasteiger charge is -2.18. The Bertz CT molecular complexity index is 305. The number of aromatic hydroxyl groups is 1. The molecular formula is C12H18ClNO. The highest BCUT2D eigenvalue weighted by atomic mass is 35.5. The zero-order valence-corrected chi connectivity index (χ0v) is 10.2. The van der Waals surface area contributed by atoms with Crippen LogP contribution in [0, 0.1) is 5.92 Å². The highest BCUT2D eigenvalue weighted by Gasteiger charge is 2.09. The minimum absolute atomic E-state index is 0.256. The van der Waals surface area contributed by atoms with Crippen molar-refractivity contribution in [2.24, 2.45) is 5.92 Å². The van der Waals surface area contributed by atoms with Gasteiger partial charge in [-0.15, -0.1) is 0 Å². The highest BCUT2D eigenvalue weighted by molar-refractivity contribution is 6.31. The summed E-state index contributed by atoms with van der Waals surface area (Å²) in [7, 11) is 0. The highest BCUT2D eigenvalue weighted by Crippen LogP contribution is 2.25. The molecule has 0 fully saturated rings. The average molecular weight is 228 g/mol. The fourth-order valence-electron chi connectivity index (χ4n) is 1.22. The second-order valence-electron chi connectivity index (χ2n) is 4.15. The van der Waals surface area contributed by atoms with Gasteiger partial charge in [-0.1, -0.05) is 31.5 Å². The predicted molar refractivity (Wildman–Crippen MR) is 64.3 cm³/mol. The van der Waals surface area contributed by atoms with Crippen molar-refractivity contribution >= 4 is 11.6 Å². The number of benzene rings is 1. The fourth-order valence-corrected chi connectivity index (χ4v) is 1.46. The molecule has 1 aromatic carbocycles. The van der Waals surface area contributed by atoms with Crippen molar-refractivity contribution in [2.45, 2.75) is 33.4 Å². The molecule has 0 heterocycles. The first-order valence-electron chi connectivity index (χ1n) is 5.22. The lowest BCUT2D eigenvalue weighted by Crippen LogP contribution is -2.30. The van der Waals surface area contributed by atoms with Crippen molar-refractivity contribution in [1.82, 2.24) is 5.32 Å². The SMILES string of the molecule is CC(C)[C@H](C)NCc1c(O)cccc1Cl. The molecule has 1 rings (SSSR count). The van der Waals surface area contributed by atoms with E-state index in [1.165, 1.54) is 0 Å². The summed E-state index contributed by atoms with van der Waals surface area (Å²) in [6.45, 7) is 7.04. The van der Waals surface area contributed by atoms with E-state index >= 15 is 0 Å². The Morgan fingerprint density at radius 2 is 2.00 bits per heavy atom. The molecule has 1 atom stereocenters. The Hall–Kier alpha value is -0.730. The van der Waals surface area contributed by atoms with Crippen LogP contribution in [0.2, 0.25) is 5.02 Å². The molecular weight excluding hydrogens is 210 g/mol. The minimum Gasteiger partial charge on any atom is -0.508 e. The predicted octanol–water partition coefficient (Wildman–Crippen LogP) is 3.18. The number of nitrogens with one attached hydrogen (secondary N) is 1. The van der Waals surface area contributed by atoms with Gasteiger partial charge in [0.2, 0.25) is 0 Å². The molecule has 0 aromatic heterocycles. The minimum atomic E-state index is 0.256. The van der Waals surface area contributed by atoms with E-state index in [4.69, 9.17) is 11.6 Å². The number of halogens is 1. The van der Waals surface area contributed by atoms with Gasteiger partial charge in [-0.2, -0.15) is 0 Å². The van der Waals surface area contributed by atoms with E-state index < -0.39 is 0 Å². The Morgan fingerprint density at radius 1 is 1.33 bits per heavy atom. The van der Waals surface area contributed by atoms with Gasteiger partial charge in [0.25, 0.3) is 0 Å². The molecule has 2 N–H and O–H groups in total. The van der Waals surface area contributed by atoms with Gasteiger partial charge in [0.05, 0.1) is 0 Å². The van der Waals surface area contributed by atoms with Crippen molar-refractivity contribution in [3.63, 3.8) is 0 Å². The van der Waals surface area contributed by atoms with Crippen LogP contribution in [0.1, 0.15) is 26.3 Å². The fraction of sp³-hybridized carbons (Fsp3) is 0.500. The first-order chi connectivity index (χ1) is 7.02. The summed E-state index contributed by atoms with van der Waals surface area (Å²) in [5, 5.41) is 13.6. The summed E-state index contributed by atoms with van der Waals surface area (Å²) in [5.41, 5.74) is 0.770. The summed E-state index contributed by atoms with van der Waals surface area (Å²) >= 11 is 5.99. The van der Waals surface area contributed by atoms with Crippen LogP contribution in [0.3, 0.4) is 0 Å². The number of phenols is 1. The van der Waals surface area contributed by atoms with Crippen molar-refractivity contribution in [2.75, 3.05) is 0 Å². The van der Waals surface area contributed by atoms with Crippen molar-refractivity contribution < 1.29 is 5.11 Å². The van der Waals surface area contributed by atoms with Gasteiger partial charge in [0.15, 0.2) is 0 Å². The van der Waals surface area contributed by atoms with Gasteiger partial charge < -0.3 is 10.4 Å². The standard InChI is InChI=1S/C12H18ClNO/c1-8(2)9(3)14-7-10-11(13)5-4-6-12(10)15/h4-6,8-9,14-15H,7H2,1-3H3/t9-/m0/s1. The maximum absolute atomic E-state index is 9.62. The average Bonchev–Trinajstić information content (AvgIpc) is 2.16. The molecule has 0 aliphatic carbocycles. The van der Waals surface area contributed by atoms with Crippen LogP contribution in [0.4, 0.5) is 0 Å². The molecule has 0 radical (unpaired) electrons. The van der Waals surface area contributed by atoms with Gasteiger partial charge in [0, 0.05) is 23.2 Å². The molecule has 0 saturated carbocycles. The Balaban J connectivity index is 2.65. The first-order valence-corrected chi connectivity index (χ1v) is 5.60. The third-order valence-electron chi connectivity index (χ3n) is 2.69. The van der Waals surface area contributed by atoms with Gasteiger partial charge >= 0.3 is 0 Å². The largest absolute Gasteiger partial charge is 0.508 e. The van der Waals surface area contributed by atoms with E-state index in [2.05, 4.69) is 26.1 Å². The van der Waals surface area contributed by atoms with E-state index in [0.717, 1.165) is 5.56 Å². The Morgan fingerprint density at radius 3 is 2.53 bits per heavy atom. The molecule has 84 valence electrons. The summed E-state index contributed by atoms with van der Waals surface area (Å²) < 4.78 is 0. The summed E-state index contributed by atoms with van der Waals surface area (Å²) in [5.74, 6) is 0.820. The van der Waals surface area contributed by atoms with E-state index in [1.807, 2.05) is 0 Å². The van der Waals surface area contributed by atoms with Crippen LogP contribution in [0.25, 0.3) is 0 Å². The molecule has 1 aromatic rings. The maximum atomic E-state index is 9.62. The van der Waals surface area contributed by atoms with Crippen LogP contribution in [-0.4, -0.2) is 11.1 Å².